The van der Waals surface area contributed by atoms with Gasteiger partial charge in [0.05, 0.1) is 7.11 Å². The van der Waals surface area contributed by atoms with Crippen LogP contribution in [0.2, 0.25) is 0 Å². The monoisotopic (exact) mass is 163 g/mol. The van der Waals surface area contributed by atoms with Gasteiger partial charge in [0.1, 0.15) is 5.75 Å². The van der Waals surface area contributed by atoms with Crippen molar-refractivity contribution in [2.24, 2.45) is 0 Å². The van der Waals surface area contributed by atoms with Gasteiger partial charge in [0.2, 0.25) is 0 Å². The minimum Gasteiger partial charge on any atom is -0.497 e. The standard InChI is InChI=1S/C10H13NO/c1-7-3-9(12-2)4-8-5-11-6-10(7)8/h3-4,11H,5-6H2,1-2H3. The Labute approximate surface area is 72.5 Å². The van der Waals surface area contributed by atoms with E-state index in [1.54, 1.807) is 7.11 Å². The topological polar surface area (TPSA) is 21.3 Å². The van der Waals surface area contributed by atoms with E-state index in [1.807, 2.05) is 0 Å². The lowest BCUT2D eigenvalue weighted by molar-refractivity contribution is 0.414. The van der Waals surface area contributed by atoms with Crippen molar-refractivity contribution in [1.82, 2.24) is 5.32 Å². The molecule has 0 aliphatic carbocycles. The van der Waals surface area contributed by atoms with Gasteiger partial charge in [-0.3, -0.25) is 0 Å². The van der Waals surface area contributed by atoms with E-state index >= 15 is 0 Å². The Morgan fingerprint density at radius 1 is 1.33 bits per heavy atom. The predicted octanol–water partition coefficient (Wildman–Crippen LogP) is 1.61. The van der Waals surface area contributed by atoms with E-state index < -0.39 is 0 Å². The summed E-state index contributed by atoms with van der Waals surface area (Å²) in [5.41, 5.74) is 4.15. The molecule has 0 saturated carbocycles. The maximum absolute atomic E-state index is 5.19. The summed E-state index contributed by atoms with van der Waals surface area (Å²) in [6.07, 6.45) is 0. The van der Waals surface area contributed by atoms with Crippen LogP contribution in [0.3, 0.4) is 0 Å². The molecule has 1 aromatic rings. The fraction of sp³-hybridized carbons (Fsp3) is 0.400. The minimum absolute atomic E-state index is 0.968. The molecular formula is C10H13NO. The molecule has 2 heteroatoms. The largest absolute Gasteiger partial charge is 0.497 e. The molecule has 0 radical (unpaired) electrons. The molecule has 1 N–H and O–H groups in total. The average Bonchev–Trinajstić information content (AvgIpc) is 2.52. The zero-order chi connectivity index (χ0) is 8.55. The highest BCUT2D eigenvalue weighted by Gasteiger charge is 2.13. The summed E-state index contributed by atoms with van der Waals surface area (Å²) in [5.74, 6) is 0.968. The van der Waals surface area contributed by atoms with Crippen molar-refractivity contribution in [3.05, 3.63) is 28.8 Å². The summed E-state index contributed by atoms with van der Waals surface area (Å²) >= 11 is 0. The van der Waals surface area contributed by atoms with Crippen LogP contribution in [0, 0.1) is 6.92 Å². The van der Waals surface area contributed by atoms with Gasteiger partial charge in [-0.1, -0.05) is 0 Å². The maximum atomic E-state index is 5.19. The van der Waals surface area contributed by atoms with Crippen LogP contribution in [0.5, 0.6) is 5.75 Å². The fourth-order valence-electron chi connectivity index (χ4n) is 1.70. The van der Waals surface area contributed by atoms with E-state index in [-0.39, 0.29) is 0 Å². The molecule has 12 heavy (non-hydrogen) atoms. The SMILES string of the molecule is COc1cc(C)c2c(c1)CNC2. The number of fused-ring (bicyclic) bond motifs is 1. The maximum Gasteiger partial charge on any atom is 0.119 e. The average molecular weight is 163 g/mol. The van der Waals surface area contributed by atoms with Crippen molar-refractivity contribution in [2.75, 3.05) is 7.11 Å². The van der Waals surface area contributed by atoms with Gasteiger partial charge in [0.15, 0.2) is 0 Å². The molecule has 0 aromatic heterocycles. The molecule has 0 unspecified atom stereocenters. The summed E-state index contributed by atoms with van der Waals surface area (Å²) in [5, 5.41) is 3.32. The van der Waals surface area contributed by atoms with Gasteiger partial charge >= 0.3 is 0 Å². The Hall–Kier alpha value is -1.02. The second kappa shape index (κ2) is 2.79. The normalized spacial score (nSPS) is 14.5. The molecule has 1 heterocycles. The number of hydrogen-bond acceptors (Lipinski definition) is 2. The Balaban J connectivity index is 2.51. The molecule has 0 saturated heterocycles. The highest BCUT2D eigenvalue weighted by Crippen LogP contribution is 2.25. The lowest BCUT2D eigenvalue weighted by Crippen LogP contribution is -2.00. The molecular weight excluding hydrogens is 150 g/mol. The van der Waals surface area contributed by atoms with Gasteiger partial charge in [0, 0.05) is 13.1 Å². The molecule has 0 spiro atoms. The third-order valence-electron chi connectivity index (χ3n) is 2.39. The molecule has 0 bridgehead atoms. The number of aryl methyl sites for hydroxylation is 1. The van der Waals surface area contributed by atoms with E-state index in [0.29, 0.717) is 0 Å². The zero-order valence-corrected chi connectivity index (χ0v) is 7.48. The van der Waals surface area contributed by atoms with E-state index in [9.17, 15) is 0 Å². The van der Waals surface area contributed by atoms with Gasteiger partial charge in [-0.05, 0) is 35.7 Å². The van der Waals surface area contributed by atoms with Crippen LogP contribution in [0.15, 0.2) is 12.1 Å². The number of hydrogen-bond donors (Lipinski definition) is 1. The smallest absolute Gasteiger partial charge is 0.119 e. The first kappa shape index (κ1) is 7.62. The van der Waals surface area contributed by atoms with Crippen LogP contribution in [0.4, 0.5) is 0 Å². The lowest BCUT2D eigenvalue weighted by Gasteiger charge is -2.06. The van der Waals surface area contributed by atoms with Crippen LogP contribution in [-0.4, -0.2) is 7.11 Å². The Morgan fingerprint density at radius 2 is 2.17 bits per heavy atom. The van der Waals surface area contributed by atoms with Crippen LogP contribution in [0.1, 0.15) is 16.7 Å². The number of ether oxygens (including phenoxy) is 1. The van der Waals surface area contributed by atoms with Crippen molar-refractivity contribution < 1.29 is 4.74 Å². The molecule has 2 nitrogen and oxygen atoms in total. The third kappa shape index (κ3) is 1.08. The van der Waals surface area contributed by atoms with E-state index in [0.717, 1.165) is 18.8 Å². The predicted molar refractivity (Wildman–Crippen MR) is 48.3 cm³/mol. The van der Waals surface area contributed by atoms with Crippen LogP contribution in [-0.2, 0) is 13.1 Å². The van der Waals surface area contributed by atoms with Gasteiger partial charge < -0.3 is 10.1 Å². The summed E-state index contributed by atoms with van der Waals surface area (Å²) in [7, 11) is 1.71. The number of nitrogens with one attached hydrogen (secondary N) is 1. The van der Waals surface area contributed by atoms with Gasteiger partial charge in [-0.25, -0.2) is 0 Å². The Morgan fingerprint density at radius 3 is 2.92 bits per heavy atom. The second-order valence-electron chi connectivity index (χ2n) is 3.19. The van der Waals surface area contributed by atoms with Crippen LogP contribution >= 0.6 is 0 Å². The van der Waals surface area contributed by atoms with E-state index in [1.165, 1.54) is 16.7 Å². The van der Waals surface area contributed by atoms with Gasteiger partial charge in [-0.15, -0.1) is 0 Å². The molecule has 1 aliphatic heterocycles. The minimum atomic E-state index is 0.968. The molecule has 2 rings (SSSR count). The first-order valence-corrected chi connectivity index (χ1v) is 4.18. The molecule has 0 amide bonds. The zero-order valence-electron chi connectivity index (χ0n) is 7.48. The summed E-state index contributed by atoms with van der Waals surface area (Å²) in [6.45, 7) is 4.12. The molecule has 64 valence electrons. The number of benzene rings is 1. The molecule has 0 atom stereocenters. The van der Waals surface area contributed by atoms with Crippen LogP contribution in [0.25, 0.3) is 0 Å². The summed E-state index contributed by atoms with van der Waals surface area (Å²) in [6, 6.07) is 4.20. The Kier molecular flexibility index (Phi) is 1.77. The lowest BCUT2D eigenvalue weighted by atomic mass is 10.0. The molecule has 1 aliphatic rings. The van der Waals surface area contributed by atoms with Crippen molar-refractivity contribution in [3.63, 3.8) is 0 Å². The van der Waals surface area contributed by atoms with Crippen molar-refractivity contribution in [2.45, 2.75) is 20.0 Å². The van der Waals surface area contributed by atoms with Crippen molar-refractivity contribution in [3.8, 4) is 5.75 Å². The van der Waals surface area contributed by atoms with E-state index in [4.69, 9.17) is 4.74 Å². The van der Waals surface area contributed by atoms with Gasteiger partial charge in [0.25, 0.3) is 0 Å². The van der Waals surface area contributed by atoms with Crippen molar-refractivity contribution in [1.29, 1.82) is 0 Å². The number of rotatable bonds is 1. The van der Waals surface area contributed by atoms with Gasteiger partial charge in [-0.2, -0.15) is 0 Å². The van der Waals surface area contributed by atoms with Crippen LogP contribution < -0.4 is 10.1 Å². The molecule has 1 aromatic carbocycles. The quantitative estimate of drug-likeness (QED) is 0.679. The highest BCUT2D eigenvalue weighted by molar-refractivity contribution is 5.43. The highest BCUT2D eigenvalue weighted by atomic mass is 16.5. The summed E-state index contributed by atoms with van der Waals surface area (Å²) in [4.78, 5) is 0. The van der Waals surface area contributed by atoms with Crippen molar-refractivity contribution >= 4 is 0 Å². The van der Waals surface area contributed by atoms with E-state index in [2.05, 4.69) is 24.4 Å². The molecule has 0 fully saturated rings. The fourth-order valence-corrected chi connectivity index (χ4v) is 1.70. The Bertz CT molecular complexity index is 307. The summed E-state index contributed by atoms with van der Waals surface area (Å²) < 4.78 is 5.19. The first-order chi connectivity index (χ1) is 5.81. The third-order valence-corrected chi connectivity index (χ3v) is 2.39. The second-order valence-corrected chi connectivity index (χ2v) is 3.19. The number of methoxy groups -OCH3 is 1. The first-order valence-electron chi connectivity index (χ1n) is 4.18.